The third-order valence-corrected chi connectivity index (χ3v) is 6.26. The highest BCUT2D eigenvalue weighted by molar-refractivity contribution is 7.94. The van der Waals surface area contributed by atoms with Gasteiger partial charge in [-0.15, -0.1) is 0 Å². The molecule has 0 radical (unpaired) electrons. The van der Waals surface area contributed by atoms with Crippen molar-refractivity contribution in [1.29, 1.82) is 0 Å². The predicted octanol–water partition coefficient (Wildman–Crippen LogP) is 3.80. The maximum atomic E-state index is 12.6. The maximum absolute atomic E-state index is 12.6. The van der Waals surface area contributed by atoms with Gasteiger partial charge in [0.1, 0.15) is 5.75 Å². The predicted molar refractivity (Wildman–Crippen MR) is 116 cm³/mol. The van der Waals surface area contributed by atoms with E-state index in [1.54, 1.807) is 36.4 Å². The van der Waals surface area contributed by atoms with E-state index in [1.807, 2.05) is 12.1 Å². The molecule has 6 nitrogen and oxygen atoms in total. The van der Waals surface area contributed by atoms with Gasteiger partial charge in [-0.2, -0.15) is 0 Å². The number of nitrogens with zero attached hydrogens (tertiary/aromatic N) is 1. The highest BCUT2D eigenvalue weighted by Gasteiger charge is 2.12. The summed E-state index contributed by atoms with van der Waals surface area (Å²) in [5.41, 5.74) is 1.33. The third kappa shape index (κ3) is 6.47. The minimum atomic E-state index is -3.57. The summed E-state index contributed by atoms with van der Waals surface area (Å²) in [6, 6.07) is 13.7. The van der Waals surface area contributed by atoms with Crippen molar-refractivity contribution < 1.29 is 17.9 Å². The van der Waals surface area contributed by atoms with Crippen LogP contribution in [0.4, 0.5) is 5.69 Å². The van der Waals surface area contributed by atoms with E-state index >= 15 is 0 Å². The summed E-state index contributed by atoms with van der Waals surface area (Å²) < 4.78 is 36.2. The summed E-state index contributed by atoms with van der Waals surface area (Å²) in [5, 5.41) is 1.18. The van der Waals surface area contributed by atoms with Crippen LogP contribution in [-0.4, -0.2) is 52.8 Å². The fraction of sp³-hybridized carbons (Fsp3) is 0.333. The van der Waals surface area contributed by atoms with Crippen molar-refractivity contribution in [2.45, 2.75) is 11.3 Å². The molecule has 3 rings (SSSR count). The van der Waals surface area contributed by atoms with E-state index in [9.17, 15) is 8.42 Å². The maximum Gasteiger partial charge on any atom is 0.199 e. The summed E-state index contributed by atoms with van der Waals surface area (Å²) in [6.07, 6.45) is 2.44. The van der Waals surface area contributed by atoms with E-state index in [4.69, 9.17) is 21.3 Å². The van der Waals surface area contributed by atoms with Crippen molar-refractivity contribution >= 4 is 33.4 Å². The Morgan fingerprint density at radius 2 is 1.83 bits per heavy atom. The van der Waals surface area contributed by atoms with Gasteiger partial charge in [-0.1, -0.05) is 18.2 Å². The number of para-hydroxylation sites is 1. The lowest BCUT2D eigenvalue weighted by atomic mass is 10.2. The average molecular weight is 437 g/mol. The molecule has 2 aromatic rings. The first-order chi connectivity index (χ1) is 14.1. The molecule has 1 aliphatic rings. The van der Waals surface area contributed by atoms with E-state index in [0.29, 0.717) is 23.6 Å². The number of halogens is 1. The molecule has 1 fully saturated rings. The molecule has 0 saturated carbocycles. The summed E-state index contributed by atoms with van der Waals surface area (Å²) in [5.74, 6) is 0.659. The molecule has 0 aromatic heterocycles. The average Bonchev–Trinajstić information content (AvgIpc) is 2.76. The molecule has 0 atom stereocenters. The number of hydrogen-bond acceptors (Lipinski definition) is 6. The van der Waals surface area contributed by atoms with Gasteiger partial charge < -0.3 is 9.47 Å². The molecule has 0 bridgehead atoms. The third-order valence-electron chi connectivity index (χ3n) is 4.63. The second kappa shape index (κ2) is 10.6. The summed E-state index contributed by atoms with van der Waals surface area (Å²) in [7, 11) is -3.57. The molecule has 0 unspecified atom stereocenters. The molecule has 8 heteroatoms. The lowest BCUT2D eigenvalue weighted by Crippen LogP contribution is -2.37. The molecule has 1 N–H and O–H groups in total. The van der Waals surface area contributed by atoms with Gasteiger partial charge in [-0.05, 0) is 48.4 Å². The van der Waals surface area contributed by atoms with Crippen LogP contribution in [0, 0.1) is 0 Å². The number of nitrogens with one attached hydrogen (secondary N) is 1. The molecular formula is C21H25ClN2O4S. The highest BCUT2D eigenvalue weighted by Crippen LogP contribution is 2.21. The molecule has 0 aliphatic carbocycles. The second-order valence-corrected chi connectivity index (χ2v) is 8.68. The minimum absolute atomic E-state index is 0.214. The van der Waals surface area contributed by atoms with Crippen LogP contribution < -0.4 is 9.57 Å². The Bertz CT molecular complexity index is 911. The number of ether oxygens (including phenoxy) is 2. The lowest BCUT2D eigenvalue weighted by Gasteiger charge is -2.26. The molecule has 0 amide bonds. The Hall–Kier alpha value is -2.06. The fourth-order valence-corrected chi connectivity index (χ4v) is 4.17. The number of morpholine rings is 1. The van der Waals surface area contributed by atoms with Crippen LogP contribution in [0.3, 0.4) is 0 Å². The van der Waals surface area contributed by atoms with Gasteiger partial charge in [0.05, 0.1) is 30.4 Å². The SMILES string of the molecule is O=S(=O)(/C=C/c1ccccc1NCl)c1ccc(OCCCN2CCOCC2)cc1. The number of benzene rings is 2. The van der Waals surface area contributed by atoms with E-state index in [1.165, 1.54) is 11.5 Å². The van der Waals surface area contributed by atoms with Crippen LogP contribution >= 0.6 is 11.8 Å². The van der Waals surface area contributed by atoms with Gasteiger partial charge in [0, 0.05) is 36.8 Å². The van der Waals surface area contributed by atoms with Crippen LogP contribution in [0.5, 0.6) is 5.75 Å². The van der Waals surface area contributed by atoms with Crippen molar-refractivity contribution in [1.82, 2.24) is 4.90 Å². The van der Waals surface area contributed by atoms with E-state index in [2.05, 4.69) is 9.74 Å². The number of rotatable bonds is 9. The molecule has 29 heavy (non-hydrogen) atoms. The Balaban J connectivity index is 1.53. The first-order valence-corrected chi connectivity index (χ1v) is 11.4. The zero-order valence-corrected chi connectivity index (χ0v) is 17.7. The lowest BCUT2D eigenvalue weighted by molar-refractivity contribution is 0.0358. The van der Waals surface area contributed by atoms with Crippen LogP contribution in [-0.2, 0) is 14.6 Å². The van der Waals surface area contributed by atoms with Crippen LogP contribution in [0.25, 0.3) is 6.08 Å². The van der Waals surface area contributed by atoms with Gasteiger partial charge in [-0.3, -0.25) is 9.74 Å². The van der Waals surface area contributed by atoms with Crippen molar-refractivity contribution in [3.8, 4) is 5.75 Å². The molecule has 1 saturated heterocycles. The largest absolute Gasteiger partial charge is 0.494 e. The molecule has 1 heterocycles. The number of hydrogen-bond donors (Lipinski definition) is 1. The molecule has 0 spiro atoms. The Morgan fingerprint density at radius 3 is 2.55 bits per heavy atom. The van der Waals surface area contributed by atoms with E-state index in [-0.39, 0.29) is 4.90 Å². The summed E-state index contributed by atoms with van der Waals surface area (Å²) >= 11 is 5.66. The van der Waals surface area contributed by atoms with Crippen LogP contribution in [0.1, 0.15) is 12.0 Å². The Morgan fingerprint density at radius 1 is 1.10 bits per heavy atom. The zero-order chi connectivity index (χ0) is 20.5. The number of sulfone groups is 1. The zero-order valence-electron chi connectivity index (χ0n) is 16.1. The molecule has 156 valence electrons. The summed E-state index contributed by atoms with van der Waals surface area (Å²) in [4.78, 5) is 5.09. The normalized spacial score (nSPS) is 15.5. The summed E-state index contributed by atoms with van der Waals surface area (Å²) in [6.45, 7) is 5.07. The smallest absolute Gasteiger partial charge is 0.199 e. The minimum Gasteiger partial charge on any atom is -0.494 e. The standard InChI is InChI=1S/C21H25ClN2O4S/c22-23-21-5-2-1-4-18(21)10-17-29(25,26)20-8-6-19(7-9-20)28-14-3-11-24-12-15-27-16-13-24/h1-2,4-10,17,23H,3,11-16H2/b17-10+. The fourth-order valence-electron chi connectivity index (χ4n) is 3.00. The van der Waals surface area contributed by atoms with Crippen molar-refractivity contribution in [2.24, 2.45) is 0 Å². The Kier molecular flexibility index (Phi) is 7.94. The van der Waals surface area contributed by atoms with Gasteiger partial charge in [-0.25, -0.2) is 8.42 Å². The van der Waals surface area contributed by atoms with Gasteiger partial charge in [0.2, 0.25) is 0 Å². The molecular weight excluding hydrogens is 412 g/mol. The first-order valence-electron chi connectivity index (χ1n) is 9.50. The van der Waals surface area contributed by atoms with Crippen LogP contribution in [0.15, 0.2) is 58.8 Å². The molecule has 2 aromatic carbocycles. The van der Waals surface area contributed by atoms with Gasteiger partial charge in [0.25, 0.3) is 0 Å². The monoisotopic (exact) mass is 436 g/mol. The topological polar surface area (TPSA) is 67.9 Å². The van der Waals surface area contributed by atoms with Gasteiger partial charge >= 0.3 is 0 Å². The quantitative estimate of drug-likeness (QED) is 0.476. The number of anilines is 1. The molecule has 1 aliphatic heterocycles. The highest BCUT2D eigenvalue weighted by atomic mass is 35.5. The van der Waals surface area contributed by atoms with Gasteiger partial charge in [0.15, 0.2) is 9.84 Å². The first kappa shape index (κ1) is 21.6. The Labute approximate surface area is 177 Å². The van der Waals surface area contributed by atoms with E-state index in [0.717, 1.165) is 39.3 Å². The van der Waals surface area contributed by atoms with Crippen molar-refractivity contribution in [2.75, 3.05) is 44.3 Å². The van der Waals surface area contributed by atoms with Crippen LogP contribution in [0.2, 0.25) is 0 Å². The van der Waals surface area contributed by atoms with Crippen molar-refractivity contribution in [3.05, 3.63) is 59.5 Å². The van der Waals surface area contributed by atoms with Crippen molar-refractivity contribution in [3.63, 3.8) is 0 Å². The van der Waals surface area contributed by atoms with E-state index < -0.39 is 9.84 Å². The second-order valence-electron chi connectivity index (χ2n) is 6.66.